The molecule has 0 saturated heterocycles. The molecule has 2 aromatic heterocycles. The van der Waals surface area contributed by atoms with Crippen LogP contribution in [0.15, 0.2) is 56.9 Å². The number of fused-ring (bicyclic) bond motifs is 1. The van der Waals surface area contributed by atoms with Crippen molar-refractivity contribution in [3.63, 3.8) is 0 Å². The van der Waals surface area contributed by atoms with Crippen molar-refractivity contribution < 1.29 is 14.0 Å². The van der Waals surface area contributed by atoms with Gasteiger partial charge in [-0.1, -0.05) is 17.8 Å². The topological polar surface area (TPSA) is 106 Å². The minimum absolute atomic E-state index is 0.130. The fourth-order valence-electron chi connectivity index (χ4n) is 3.64. The molecule has 8 nitrogen and oxygen atoms in total. The second-order valence-corrected chi connectivity index (χ2v) is 8.21. The molecule has 31 heavy (non-hydrogen) atoms. The van der Waals surface area contributed by atoms with E-state index in [1.807, 2.05) is 6.07 Å². The zero-order chi connectivity index (χ0) is 21.8. The maximum absolute atomic E-state index is 12.6. The monoisotopic (exact) mass is 438 g/mol. The SMILES string of the molecule is CC(=O)Nc1cccc(NC(=O)CSc2nc(=O)n(Cc3ccco3)c3c2CCC3)c1. The molecule has 0 atom stereocenters. The Morgan fingerprint density at radius 3 is 2.71 bits per heavy atom. The van der Waals surface area contributed by atoms with E-state index >= 15 is 0 Å². The number of anilines is 2. The summed E-state index contributed by atoms with van der Waals surface area (Å²) < 4.78 is 7.04. The smallest absolute Gasteiger partial charge is 0.349 e. The number of aromatic nitrogens is 2. The van der Waals surface area contributed by atoms with E-state index in [2.05, 4.69) is 15.6 Å². The number of nitrogens with one attached hydrogen (secondary N) is 2. The van der Waals surface area contributed by atoms with Gasteiger partial charge in [-0.05, 0) is 49.6 Å². The Bertz CT molecular complexity index is 1170. The summed E-state index contributed by atoms with van der Waals surface area (Å²) in [6.07, 6.45) is 4.18. The summed E-state index contributed by atoms with van der Waals surface area (Å²) in [5.74, 6) is 0.448. The first-order valence-corrected chi connectivity index (χ1v) is 10.9. The fourth-order valence-corrected chi connectivity index (χ4v) is 4.51. The number of rotatable bonds is 7. The molecule has 0 bridgehead atoms. The lowest BCUT2D eigenvalue weighted by Gasteiger charge is -2.13. The van der Waals surface area contributed by atoms with E-state index in [4.69, 9.17) is 4.42 Å². The van der Waals surface area contributed by atoms with Gasteiger partial charge in [-0.25, -0.2) is 4.79 Å². The zero-order valence-electron chi connectivity index (χ0n) is 17.0. The van der Waals surface area contributed by atoms with Crippen LogP contribution in [0.4, 0.5) is 11.4 Å². The number of carbonyl (C=O) groups excluding carboxylic acids is 2. The van der Waals surface area contributed by atoms with Gasteiger partial charge in [-0.2, -0.15) is 4.98 Å². The summed E-state index contributed by atoms with van der Waals surface area (Å²) in [7, 11) is 0. The quantitative estimate of drug-likeness (QED) is 0.434. The molecular weight excluding hydrogens is 416 g/mol. The van der Waals surface area contributed by atoms with Crippen molar-refractivity contribution in [1.29, 1.82) is 0 Å². The normalized spacial score (nSPS) is 12.4. The van der Waals surface area contributed by atoms with Gasteiger partial charge in [0.25, 0.3) is 0 Å². The Morgan fingerprint density at radius 1 is 1.16 bits per heavy atom. The van der Waals surface area contributed by atoms with Gasteiger partial charge in [-0.15, -0.1) is 0 Å². The standard InChI is InChI=1S/C22H22N4O4S/c1-14(27)23-15-5-2-6-16(11-15)24-20(28)13-31-21-18-8-3-9-19(18)26(22(29)25-21)12-17-7-4-10-30-17/h2,4-7,10-11H,3,8-9,12-13H2,1H3,(H,23,27)(H,24,28). The third-order valence-electron chi connectivity index (χ3n) is 4.90. The number of hydrogen-bond acceptors (Lipinski definition) is 6. The van der Waals surface area contributed by atoms with Gasteiger partial charge < -0.3 is 15.1 Å². The summed E-state index contributed by atoms with van der Waals surface area (Å²) in [5.41, 5.74) is 2.88. The lowest BCUT2D eigenvalue weighted by Crippen LogP contribution is -2.28. The predicted molar refractivity (Wildman–Crippen MR) is 118 cm³/mol. The van der Waals surface area contributed by atoms with E-state index in [1.165, 1.54) is 18.7 Å². The van der Waals surface area contributed by atoms with Gasteiger partial charge in [0.1, 0.15) is 10.8 Å². The first kappa shape index (κ1) is 20.9. The number of carbonyl (C=O) groups is 2. The van der Waals surface area contributed by atoms with Crippen LogP contribution in [0.3, 0.4) is 0 Å². The predicted octanol–water partition coefficient (Wildman–Crippen LogP) is 3.06. The van der Waals surface area contributed by atoms with Crippen molar-refractivity contribution in [3.8, 4) is 0 Å². The average molecular weight is 439 g/mol. The molecule has 3 aromatic rings. The number of benzene rings is 1. The highest BCUT2D eigenvalue weighted by Crippen LogP contribution is 2.29. The molecule has 0 saturated carbocycles. The molecular formula is C22H22N4O4S. The minimum Gasteiger partial charge on any atom is -0.467 e. The van der Waals surface area contributed by atoms with Gasteiger partial charge in [0, 0.05) is 29.6 Å². The van der Waals surface area contributed by atoms with Crippen LogP contribution in [0.5, 0.6) is 0 Å². The second-order valence-electron chi connectivity index (χ2n) is 7.24. The zero-order valence-corrected chi connectivity index (χ0v) is 17.8. The molecule has 0 fully saturated rings. The van der Waals surface area contributed by atoms with Crippen LogP contribution >= 0.6 is 11.8 Å². The minimum atomic E-state index is -0.331. The number of nitrogens with zero attached hydrogens (tertiary/aromatic N) is 2. The molecule has 2 heterocycles. The highest BCUT2D eigenvalue weighted by molar-refractivity contribution is 8.00. The van der Waals surface area contributed by atoms with E-state index in [9.17, 15) is 14.4 Å². The first-order valence-electron chi connectivity index (χ1n) is 9.95. The van der Waals surface area contributed by atoms with E-state index in [0.717, 1.165) is 30.5 Å². The van der Waals surface area contributed by atoms with Crippen molar-refractivity contribution >= 4 is 35.0 Å². The van der Waals surface area contributed by atoms with Crippen LogP contribution in [0.1, 0.15) is 30.4 Å². The lowest BCUT2D eigenvalue weighted by molar-refractivity contribution is -0.114. The molecule has 0 aliphatic heterocycles. The number of hydrogen-bond donors (Lipinski definition) is 2. The van der Waals surface area contributed by atoms with Gasteiger partial charge >= 0.3 is 5.69 Å². The Kier molecular flexibility index (Phi) is 6.22. The molecule has 2 N–H and O–H groups in total. The van der Waals surface area contributed by atoms with Gasteiger partial charge in [0.2, 0.25) is 11.8 Å². The van der Waals surface area contributed by atoms with Crippen molar-refractivity contribution in [2.45, 2.75) is 37.8 Å². The average Bonchev–Trinajstić information content (AvgIpc) is 3.40. The van der Waals surface area contributed by atoms with Gasteiger partial charge in [0.15, 0.2) is 0 Å². The molecule has 1 aliphatic carbocycles. The second kappa shape index (κ2) is 9.22. The summed E-state index contributed by atoms with van der Waals surface area (Å²) in [4.78, 5) is 40.5. The molecule has 2 amide bonds. The van der Waals surface area contributed by atoms with Gasteiger partial charge in [0.05, 0.1) is 18.6 Å². The van der Waals surface area contributed by atoms with E-state index < -0.39 is 0 Å². The van der Waals surface area contributed by atoms with Crippen LogP contribution in [0.2, 0.25) is 0 Å². The van der Waals surface area contributed by atoms with Crippen LogP contribution in [0, 0.1) is 0 Å². The van der Waals surface area contributed by atoms with E-state index in [1.54, 1.807) is 41.2 Å². The molecule has 1 aliphatic rings. The Morgan fingerprint density at radius 2 is 1.97 bits per heavy atom. The first-order chi connectivity index (χ1) is 15.0. The van der Waals surface area contributed by atoms with Crippen molar-refractivity contribution in [2.75, 3.05) is 16.4 Å². The number of furan rings is 1. The Balaban J connectivity index is 1.45. The molecule has 160 valence electrons. The van der Waals surface area contributed by atoms with Crippen LogP contribution in [0.25, 0.3) is 0 Å². The van der Waals surface area contributed by atoms with E-state index in [0.29, 0.717) is 28.7 Å². The highest BCUT2D eigenvalue weighted by Gasteiger charge is 2.23. The Labute approximate surface area is 183 Å². The molecule has 0 radical (unpaired) electrons. The van der Waals surface area contributed by atoms with Crippen molar-refractivity contribution in [2.24, 2.45) is 0 Å². The summed E-state index contributed by atoms with van der Waals surface area (Å²) in [6, 6.07) is 10.6. The van der Waals surface area contributed by atoms with Crippen LogP contribution in [-0.2, 0) is 29.0 Å². The van der Waals surface area contributed by atoms with Crippen molar-refractivity contribution in [3.05, 3.63) is 70.2 Å². The Hall–Kier alpha value is -3.33. The van der Waals surface area contributed by atoms with Crippen LogP contribution in [-0.4, -0.2) is 27.1 Å². The maximum atomic E-state index is 12.6. The van der Waals surface area contributed by atoms with Gasteiger partial charge in [-0.3, -0.25) is 14.2 Å². The third kappa shape index (κ3) is 5.05. The molecule has 4 rings (SSSR count). The summed E-state index contributed by atoms with van der Waals surface area (Å²) in [5, 5.41) is 6.12. The summed E-state index contributed by atoms with van der Waals surface area (Å²) >= 11 is 1.27. The lowest BCUT2D eigenvalue weighted by atomic mass is 10.2. The maximum Gasteiger partial charge on any atom is 0.349 e. The molecule has 9 heteroatoms. The largest absolute Gasteiger partial charge is 0.467 e. The molecule has 0 spiro atoms. The molecule has 0 unspecified atom stereocenters. The van der Waals surface area contributed by atoms with E-state index in [-0.39, 0.29) is 23.3 Å². The third-order valence-corrected chi connectivity index (χ3v) is 5.92. The fraction of sp³-hybridized carbons (Fsp3) is 0.273. The summed E-state index contributed by atoms with van der Waals surface area (Å²) in [6.45, 7) is 1.78. The number of amides is 2. The van der Waals surface area contributed by atoms with Crippen LogP contribution < -0.4 is 16.3 Å². The van der Waals surface area contributed by atoms with Crippen molar-refractivity contribution in [1.82, 2.24) is 9.55 Å². The molecule has 1 aromatic carbocycles. The number of thioether (sulfide) groups is 1. The highest BCUT2D eigenvalue weighted by atomic mass is 32.2.